The van der Waals surface area contributed by atoms with E-state index in [1.54, 1.807) is 4.90 Å². The van der Waals surface area contributed by atoms with E-state index < -0.39 is 5.60 Å². The molecule has 0 aromatic rings. The summed E-state index contributed by atoms with van der Waals surface area (Å²) in [6.45, 7) is 7.96. The number of rotatable bonds is 2. The molecule has 0 aromatic heterocycles. The highest BCUT2D eigenvalue weighted by Crippen LogP contribution is 2.23. The molecule has 1 amide bonds. The molecular weight excluding hydrogens is 282 g/mol. The number of hydrogen-bond acceptors (Lipinski definition) is 5. The fraction of sp³-hybridized carbons (Fsp3) is 0.875. The third kappa shape index (κ3) is 5.16. The maximum absolute atomic E-state index is 12.1. The summed E-state index contributed by atoms with van der Waals surface area (Å²) in [5, 5.41) is 13.3. The van der Waals surface area contributed by atoms with Gasteiger partial charge in [0.2, 0.25) is 0 Å². The summed E-state index contributed by atoms with van der Waals surface area (Å²) >= 11 is 0. The molecule has 0 bridgehead atoms. The van der Waals surface area contributed by atoms with Crippen molar-refractivity contribution in [2.45, 2.75) is 58.2 Å². The average Bonchev–Trinajstić information content (AvgIpc) is 2.45. The number of nitrogens with zero attached hydrogens (tertiary/aromatic N) is 2. The highest BCUT2D eigenvalue weighted by Gasteiger charge is 2.26. The Hall–Kier alpha value is -1.30. The normalized spacial score (nSPS) is 26.4. The monoisotopic (exact) mass is 311 g/mol. The first-order valence-corrected chi connectivity index (χ1v) is 8.28. The molecule has 0 spiro atoms. The molecule has 1 aliphatic heterocycles. The zero-order valence-corrected chi connectivity index (χ0v) is 14.0. The number of aliphatic hydroxyl groups is 1. The minimum Gasteiger partial charge on any atom is -0.444 e. The Kier molecular flexibility index (Phi) is 5.67. The molecule has 2 atom stereocenters. The van der Waals surface area contributed by atoms with E-state index in [2.05, 4.69) is 10.3 Å². The number of carbonyl (C=O) groups excluding carboxylic acids is 1. The van der Waals surface area contributed by atoms with Gasteiger partial charge in [-0.3, -0.25) is 9.89 Å². The second-order valence-electron chi connectivity index (χ2n) is 7.22. The van der Waals surface area contributed by atoms with Crippen molar-refractivity contribution in [1.82, 2.24) is 10.2 Å². The highest BCUT2D eigenvalue weighted by atomic mass is 16.6. The minimum atomic E-state index is -0.481. The SMILES string of the molecule is CC(C)(C)OC(=O)N1CCN=C(NCC2CCCCC2O)C1. The van der Waals surface area contributed by atoms with Crippen LogP contribution < -0.4 is 5.32 Å². The first-order valence-electron chi connectivity index (χ1n) is 8.28. The average molecular weight is 311 g/mol. The molecule has 0 saturated heterocycles. The number of aliphatic imine (C=N–C) groups is 1. The molecule has 2 rings (SSSR count). The van der Waals surface area contributed by atoms with Crippen LogP contribution in [0.2, 0.25) is 0 Å². The van der Waals surface area contributed by atoms with E-state index in [1.165, 1.54) is 6.42 Å². The summed E-state index contributed by atoms with van der Waals surface area (Å²) in [7, 11) is 0. The van der Waals surface area contributed by atoms with Gasteiger partial charge in [-0.05, 0) is 33.6 Å². The van der Waals surface area contributed by atoms with Crippen molar-refractivity contribution in [3.8, 4) is 0 Å². The standard InChI is InChI=1S/C16H29N3O3/c1-16(2,3)22-15(21)19-9-8-17-14(11-19)18-10-12-6-4-5-7-13(12)20/h12-13,20H,4-11H2,1-3H3,(H,17,18). The van der Waals surface area contributed by atoms with Crippen LogP contribution in [0.1, 0.15) is 46.5 Å². The minimum absolute atomic E-state index is 0.215. The fourth-order valence-electron chi connectivity index (χ4n) is 2.88. The summed E-state index contributed by atoms with van der Waals surface area (Å²) < 4.78 is 5.40. The zero-order chi connectivity index (χ0) is 16.2. The first-order chi connectivity index (χ1) is 10.3. The van der Waals surface area contributed by atoms with Crippen molar-refractivity contribution in [3.63, 3.8) is 0 Å². The van der Waals surface area contributed by atoms with Crippen molar-refractivity contribution >= 4 is 11.9 Å². The van der Waals surface area contributed by atoms with Gasteiger partial charge in [0.1, 0.15) is 11.4 Å². The van der Waals surface area contributed by atoms with Gasteiger partial charge in [0, 0.05) is 19.0 Å². The van der Waals surface area contributed by atoms with E-state index in [1.807, 2.05) is 20.8 Å². The molecule has 2 N–H and O–H groups in total. The number of nitrogens with one attached hydrogen (secondary N) is 1. The van der Waals surface area contributed by atoms with E-state index >= 15 is 0 Å². The summed E-state index contributed by atoms with van der Waals surface area (Å²) in [4.78, 5) is 18.2. The molecule has 2 unspecified atom stereocenters. The molecule has 1 heterocycles. The van der Waals surface area contributed by atoms with Crippen LogP contribution in [0.3, 0.4) is 0 Å². The lowest BCUT2D eigenvalue weighted by Crippen LogP contribution is -2.48. The Morgan fingerprint density at radius 2 is 2.14 bits per heavy atom. The summed E-state index contributed by atoms with van der Waals surface area (Å²) in [6.07, 6.45) is 3.73. The molecule has 6 nitrogen and oxygen atoms in total. The van der Waals surface area contributed by atoms with Crippen LogP contribution in [0.4, 0.5) is 4.79 Å². The van der Waals surface area contributed by atoms with Gasteiger partial charge in [0.15, 0.2) is 0 Å². The summed E-state index contributed by atoms with van der Waals surface area (Å²) in [5.41, 5.74) is -0.481. The Labute approximate surface area is 132 Å². The maximum Gasteiger partial charge on any atom is 0.410 e. The number of aliphatic hydroxyl groups excluding tert-OH is 1. The van der Waals surface area contributed by atoms with E-state index in [0.29, 0.717) is 19.6 Å². The molecule has 1 fully saturated rings. The lowest BCUT2D eigenvalue weighted by molar-refractivity contribution is 0.0275. The second-order valence-corrected chi connectivity index (χ2v) is 7.22. The van der Waals surface area contributed by atoms with E-state index in [0.717, 1.165) is 31.6 Å². The van der Waals surface area contributed by atoms with Crippen molar-refractivity contribution < 1.29 is 14.6 Å². The second kappa shape index (κ2) is 7.31. The Morgan fingerprint density at radius 3 is 2.82 bits per heavy atom. The fourth-order valence-corrected chi connectivity index (χ4v) is 2.88. The third-order valence-electron chi connectivity index (χ3n) is 4.10. The number of amides is 1. The molecule has 1 saturated carbocycles. The van der Waals surface area contributed by atoms with Crippen LogP contribution in [-0.2, 0) is 4.74 Å². The Bertz CT molecular complexity index is 417. The zero-order valence-electron chi connectivity index (χ0n) is 14.0. The van der Waals surface area contributed by atoms with Gasteiger partial charge in [-0.2, -0.15) is 0 Å². The Morgan fingerprint density at radius 1 is 1.41 bits per heavy atom. The number of ether oxygens (including phenoxy) is 1. The van der Waals surface area contributed by atoms with E-state index in [9.17, 15) is 9.90 Å². The van der Waals surface area contributed by atoms with E-state index in [4.69, 9.17) is 4.74 Å². The van der Waals surface area contributed by atoms with Gasteiger partial charge >= 0.3 is 6.09 Å². The highest BCUT2D eigenvalue weighted by molar-refractivity contribution is 5.87. The number of carbonyl (C=O) groups is 1. The molecule has 2 aliphatic rings. The van der Waals surface area contributed by atoms with Crippen LogP contribution >= 0.6 is 0 Å². The van der Waals surface area contributed by atoms with Crippen molar-refractivity contribution in [3.05, 3.63) is 0 Å². The lowest BCUT2D eigenvalue weighted by Gasteiger charge is -2.32. The van der Waals surface area contributed by atoms with Crippen LogP contribution in [0.15, 0.2) is 4.99 Å². The van der Waals surface area contributed by atoms with Gasteiger partial charge in [-0.25, -0.2) is 4.79 Å². The smallest absolute Gasteiger partial charge is 0.410 e. The van der Waals surface area contributed by atoms with Crippen LogP contribution in [0, 0.1) is 5.92 Å². The summed E-state index contributed by atoms with van der Waals surface area (Å²) in [5.74, 6) is 1.10. The Balaban J connectivity index is 1.80. The van der Waals surface area contributed by atoms with Gasteiger partial charge in [-0.15, -0.1) is 0 Å². The van der Waals surface area contributed by atoms with Crippen LogP contribution in [0.25, 0.3) is 0 Å². The number of hydrogen-bond donors (Lipinski definition) is 2. The predicted molar refractivity (Wildman–Crippen MR) is 86.1 cm³/mol. The van der Waals surface area contributed by atoms with Crippen molar-refractivity contribution in [2.75, 3.05) is 26.2 Å². The van der Waals surface area contributed by atoms with Crippen LogP contribution in [-0.4, -0.2) is 59.8 Å². The summed E-state index contributed by atoms with van der Waals surface area (Å²) in [6, 6.07) is 0. The van der Waals surface area contributed by atoms with Crippen molar-refractivity contribution in [2.24, 2.45) is 10.9 Å². The molecule has 1 aliphatic carbocycles. The van der Waals surface area contributed by atoms with E-state index in [-0.39, 0.29) is 18.1 Å². The molecular formula is C16H29N3O3. The van der Waals surface area contributed by atoms with Gasteiger partial charge in [0.05, 0.1) is 19.2 Å². The quantitative estimate of drug-likeness (QED) is 0.815. The van der Waals surface area contributed by atoms with Crippen LogP contribution in [0.5, 0.6) is 0 Å². The predicted octanol–water partition coefficient (Wildman–Crippen LogP) is 1.78. The van der Waals surface area contributed by atoms with Gasteiger partial charge < -0.3 is 15.2 Å². The molecule has 0 radical (unpaired) electrons. The number of amidine groups is 1. The van der Waals surface area contributed by atoms with Gasteiger partial charge in [0.25, 0.3) is 0 Å². The molecule has 6 heteroatoms. The van der Waals surface area contributed by atoms with Crippen molar-refractivity contribution in [1.29, 1.82) is 0 Å². The third-order valence-corrected chi connectivity index (χ3v) is 4.10. The molecule has 0 aromatic carbocycles. The molecule has 22 heavy (non-hydrogen) atoms. The molecule has 126 valence electrons. The van der Waals surface area contributed by atoms with Gasteiger partial charge in [-0.1, -0.05) is 12.8 Å². The topological polar surface area (TPSA) is 74.2 Å². The maximum atomic E-state index is 12.1. The lowest BCUT2D eigenvalue weighted by atomic mass is 9.86. The first kappa shape index (κ1) is 17.1. The largest absolute Gasteiger partial charge is 0.444 e.